The van der Waals surface area contributed by atoms with Crippen LogP contribution in [0.1, 0.15) is 60.8 Å². The topological polar surface area (TPSA) is 137 Å². The maximum Gasteiger partial charge on any atom is 0.418 e. The number of methoxy groups -OCH3 is 2. The molecule has 0 saturated carbocycles. The van der Waals surface area contributed by atoms with Crippen molar-refractivity contribution in [3.8, 4) is 11.5 Å². The SMILES string of the molecule is COc1ccc(N2CC(CCN3CCC(C(OC(=O)C(=O)OC(c4ccc(F)cc4)(c4ccc(F)cc4)C4CCN(CCC5CN(c6ccc(OC)cc6)C(=O)O5)CC4)(c4ccc(F)cc4)c4ccc(F)cc4)CC3)OC2=O)cc1. The van der Waals surface area contributed by atoms with Crippen molar-refractivity contribution in [2.45, 2.75) is 61.9 Å². The van der Waals surface area contributed by atoms with Crippen LogP contribution in [0.15, 0.2) is 146 Å². The first-order valence-electron chi connectivity index (χ1n) is 26.9. The molecule has 10 rings (SSSR count). The number of nitrogens with zero attached hydrogens (tertiary/aromatic N) is 4. The first-order valence-corrected chi connectivity index (χ1v) is 26.9. The minimum Gasteiger partial charge on any atom is -0.497 e. The normalized spacial score (nSPS) is 18.7. The summed E-state index contributed by atoms with van der Waals surface area (Å²) in [6, 6.07) is 36.0. The monoisotopic (exact) mass is 1100 g/mol. The molecule has 0 spiro atoms. The lowest BCUT2D eigenvalue weighted by atomic mass is 9.71. The van der Waals surface area contributed by atoms with Gasteiger partial charge >= 0.3 is 24.1 Å². The first kappa shape index (κ1) is 55.4. The summed E-state index contributed by atoms with van der Waals surface area (Å²) >= 11 is 0. The van der Waals surface area contributed by atoms with Crippen molar-refractivity contribution in [3.63, 3.8) is 0 Å². The highest BCUT2D eigenvalue weighted by molar-refractivity contribution is 6.30. The van der Waals surface area contributed by atoms with Gasteiger partial charge in [0.25, 0.3) is 0 Å². The number of carbonyl (C=O) groups excluding carboxylic acids is 4. The van der Waals surface area contributed by atoms with E-state index in [0.29, 0.717) is 136 Å². The summed E-state index contributed by atoms with van der Waals surface area (Å²) in [5.41, 5.74) is -0.873. The van der Waals surface area contributed by atoms with Crippen molar-refractivity contribution < 1.29 is 65.2 Å². The average molecular weight is 1100 g/mol. The van der Waals surface area contributed by atoms with Gasteiger partial charge in [0.2, 0.25) is 0 Å². The van der Waals surface area contributed by atoms with Crippen molar-refractivity contribution >= 4 is 35.5 Å². The zero-order valence-corrected chi connectivity index (χ0v) is 44.4. The molecule has 4 saturated heterocycles. The molecule has 418 valence electrons. The van der Waals surface area contributed by atoms with Gasteiger partial charge in [0.1, 0.15) is 47.0 Å². The number of ether oxygens (including phenoxy) is 6. The second-order valence-electron chi connectivity index (χ2n) is 20.7. The second kappa shape index (κ2) is 24.2. The van der Waals surface area contributed by atoms with E-state index in [4.69, 9.17) is 28.4 Å². The van der Waals surface area contributed by atoms with Gasteiger partial charge in [0.05, 0.1) is 27.3 Å². The Labute approximate surface area is 461 Å². The number of esters is 2. The van der Waals surface area contributed by atoms with E-state index in [0.717, 1.165) is 0 Å². The van der Waals surface area contributed by atoms with Crippen LogP contribution in [0, 0.1) is 35.1 Å². The van der Waals surface area contributed by atoms with Gasteiger partial charge in [-0.1, -0.05) is 48.5 Å². The molecule has 6 aromatic rings. The van der Waals surface area contributed by atoms with Gasteiger partial charge in [-0.2, -0.15) is 0 Å². The summed E-state index contributed by atoms with van der Waals surface area (Å²) in [4.78, 5) is 63.6. The summed E-state index contributed by atoms with van der Waals surface area (Å²) in [5.74, 6) is -4.82. The molecule has 0 aromatic heterocycles. The third-order valence-corrected chi connectivity index (χ3v) is 16.1. The second-order valence-corrected chi connectivity index (χ2v) is 20.7. The van der Waals surface area contributed by atoms with Crippen LogP contribution in [0.25, 0.3) is 0 Å². The van der Waals surface area contributed by atoms with Crippen molar-refractivity contribution in [2.24, 2.45) is 11.8 Å². The molecule has 4 fully saturated rings. The molecule has 0 radical (unpaired) electrons. The molecule has 4 aliphatic heterocycles. The van der Waals surface area contributed by atoms with Gasteiger partial charge in [-0.15, -0.1) is 0 Å². The first-order chi connectivity index (χ1) is 38.7. The fourth-order valence-electron chi connectivity index (χ4n) is 11.9. The van der Waals surface area contributed by atoms with Crippen LogP contribution in [0.3, 0.4) is 0 Å². The van der Waals surface area contributed by atoms with Crippen LogP contribution in [0.4, 0.5) is 38.5 Å². The van der Waals surface area contributed by atoms with E-state index in [1.54, 1.807) is 72.6 Å². The molecular formula is C62H62F4N4O10. The lowest BCUT2D eigenvalue weighted by molar-refractivity contribution is -0.191. The van der Waals surface area contributed by atoms with E-state index in [2.05, 4.69) is 9.80 Å². The fourth-order valence-corrected chi connectivity index (χ4v) is 11.9. The van der Waals surface area contributed by atoms with E-state index in [-0.39, 0.29) is 12.2 Å². The van der Waals surface area contributed by atoms with Crippen LogP contribution >= 0.6 is 0 Å². The third-order valence-electron chi connectivity index (χ3n) is 16.1. The summed E-state index contributed by atoms with van der Waals surface area (Å²) in [5, 5.41) is 0. The van der Waals surface area contributed by atoms with Crippen molar-refractivity contribution in [1.82, 2.24) is 9.80 Å². The van der Waals surface area contributed by atoms with E-state index < -0.39 is 70.4 Å². The number of piperidine rings is 2. The van der Waals surface area contributed by atoms with Gasteiger partial charge < -0.3 is 38.2 Å². The average Bonchev–Trinajstić information content (AvgIpc) is 4.14. The number of hydrogen-bond donors (Lipinski definition) is 0. The van der Waals surface area contributed by atoms with Crippen molar-refractivity contribution in [3.05, 3.63) is 191 Å². The number of carbonyl (C=O) groups is 4. The molecule has 2 atom stereocenters. The summed E-state index contributed by atoms with van der Waals surface area (Å²) in [6.45, 7) is 3.83. The van der Waals surface area contributed by atoms with E-state index in [1.807, 2.05) is 0 Å². The summed E-state index contributed by atoms with van der Waals surface area (Å²) < 4.78 is 94.6. The number of benzene rings is 6. The zero-order chi connectivity index (χ0) is 56.0. The Morgan fingerprint density at radius 3 is 1.02 bits per heavy atom. The Morgan fingerprint density at radius 2 is 0.750 bits per heavy atom. The molecular weight excluding hydrogens is 1040 g/mol. The fraction of sp³-hybridized carbons (Fsp3) is 0.355. The molecule has 4 aliphatic rings. The molecule has 6 aromatic carbocycles. The highest BCUT2D eigenvalue weighted by Gasteiger charge is 2.52. The molecule has 14 nitrogen and oxygen atoms in total. The minimum absolute atomic E-state index is 0.332. The predicted molar refractivity (Wildman–Crippen MR) is 288 cm³/mol. The molecule has 80 heavy (non-hydrogen) atoms. The number of halogens is 4. The Morgan fingerprint density at radius 1 is 0.463 bits per heavy atom. The predicted octanol–water partition coefficient (Wildman–Crippen LogP) is 10.8. The molecule has 0 aliphatic carbocycles. The highest BCUT2D eigenvalue weighted by Crippen LogP contribution is 2.49. The summed E-state index contributed by atoms with van der Waals surface area (Å²) in [7, 11) is 3.14. The highest BCUT2D eigenvalue weighted by atomic mass is 19.1. The summed E-state index contributed by atoms with van der Waals surface area (Å²) in [6.07, 6.45) is 1.04. The van der Waals surface area contributed by atoms with Gasteiger partial charge in [-0.25, -0.2) is 36.7 Å². The number of anilines is 2. The molecule has 18 heteroatoms. The molecule has 0 bridgehead atoms. The number of amides is 2. The van der Waals surface area contributed by atoms with Gasteiger partial charge in [0.15, 0.2) is 11.2 Å². The number of cyclic esters (lactones) is 2. The Balaban J connectivity index is 0.889. The number of rotatable bonds is 18. The largest absolute Gasteiger partial charge is 0.497 e. The zero-order valence-electron chi connectivity index (χ0n) is 44.4. The molecule has 0 N–H and O–H groups in total. The van der Waals surface area contributed by atoms with E-state index in [9.17, 15) is 27.2 Å². The standard InChI is InChI=1S/C62H62F4N4O10/c1-75-53-23-19-51(20-24-53)69-39-55(77-59(69)73)31-37-67-33-27-45(28-34-67)61(41-3-11-47(63)12-4-41,42-5-13-48(64)14-6-42)79-57(71)58(72)80-62(43-7-15-49(65)16-8-43,44-9-17-50(66)18-10-44)46-29-35-68(36-30-46)38-32-56-40-70(60(74)78-56)52-21-25-54(76-2)26-22-52/h3-26,45-46,55-56H,27-40H2,1-2H3. The number of likely N-dealkylation sites (tertiary alicyclic amines) is 2. The Kier molecular flexibility index (Phi) is 16.7. The van der Waals surface area contributed by atoms with Crippen molar-refractivity contribution in [1.29, 1.82) is 0 Å². The van der Waals surface area contributed by atoms with Crippen LogP contribution in [0.2, 0.25) is 0 Å². The Bertz CT molecular complexity index is 2800. The Hall–Kier alpha value is -7.96. The minimum atomic E-state index is -1.79. The van der Waals surface area contributed by atoms with Crippen LogP contribution in [0.5, 0.6) is 11.5 Å². The smallest absolute Gasteiger partial charge is 0.418 e. The van der Waals surface area contributed by atoms with Crippen molar-refractivity contribution in [2.75, 3.05) is 76.4 Å². The lowest BCUT2D eigenvalue weighted by Gasteiger charge is -2.46. The van der Waals surface area contributed by atoms with E-state index in [1.165, 1.54) is 97.1 Å². The van der Waals surface area contributed by atoms with Crippen LogP contribution in [-0.2, 0) is 39.7 Å². The van der Waals surface area contributed by atoms with Crippen LogP contribution in [-0.4, -0.2) is 113 Å². The third kappa shape index (κ3) is 11.8. The van der Waals surface area contributed by atoms with E-state index >= 15 is 9.59 Å². The van der Waals surface area contributed by atoms with Gasteiger partial charge in [-0.3, -0.25) is 9.80 Å². The lowest BCUT2D eigenvalue weighted by Crippen LogP contribution is -2.50. The maximum atomic E-state index is 15.1. The van der Waals surface area contributed by atoms with Gasteiger partial charge in [-0.05, 0) is 162 Å². The van der Waals surface area contributed by atoms with Gasteiger partial charge in [0, 0.05) is 58.6 Å². The molecule has 4 heterocycles. The maximum absolute atomic E-state index is 15.1. The molecule has 2 unspecified atom stereocenters. The quantitative estimate of drug-likeness (QED) is 0.0351. The number of hydrogen-bond acceptors (Lipinski definition) is 12. The molecule has 2 amide bonds. The van der Waals surface area contributed by atoms with Crippen LogP contribution < -0.4 is 19.3 Å².